The standard InChI is InChI=1S/C34H35NO5/c1-4-18-39-34(37)31-22(2)35-29-19-26(24-10-14-27(38-3)15-11-24)20-30(36)33(29)32(31)25-12-16-28(17-13-25)40-21-23-8-6-5-7-9-23/h5-17,26,31-32H,4,18-21H2,1-3H3. The van der Waals surface area contributed by atoms with Gasteiger partial charge in [0.1, 0.15) is 24.0 Å². The van der Waals surface area contributed by atoms with Crippen molar-refractivity contribution in [2.75, 3.05) is 13.7 Å². The van der Waals surface area contributed by atoms with Crippen LogP contribution in [0.25, 0.3) is 0 Å². The third kappa shape index (κ3) is 5.86. The molecule has 0 saturated carbocycles. The molecule has 1 aliphatic carbocycles. The van der Waals surface area contributed by atoms with Crippen LogP contribution in [0.2, 0.25) is 0 Å². The van der Waals surface area contributed by atoms with E-state index in [4.69, 9.17) is 19.2 Å². The predicted octanol–water partition coefficient (Wildman–Crippen LogP) is 6.80. The molecule has 3 aromatic rings. The van der Waals surface area contributed by atoms with Crippen LogP contribution in [0, 0.1) is 5.92 Å². The van der Waals surface area contributed by atoms with E-state index in [0.29, 0.717) is 37.3 Å². The Hall–Kier alpha value is -4.19. The van der Waals surface area contributed by atoms with E-state index in [9.17, 15) is 9.59 Å². The zero-order valence-electron chi connectivity index (χ0n) is 23.3. The fourth-order valence-electron chi connectivity index (χ4n) is 5.64. The minimum atomic E-state index is -0.650. The van der Waals surface area contributed by atoms with Gasteiger partial charge in [-0.15, -0.1) is 0 Å². The van der Waals surface area contributed by atoms with Crippen molar-refractivity contribution in [2.24, 2.45) is 10.9 Å². The Morgan fingerprint density at radius 3 is 2.25 bits per heavy atom. The van der Waals surface area contributed by atoms with Gasteiger partial charge in [0, 0.05) is 29.3 Å². The second-order valence-electron chi connectivity index (χ2n) is 10.4. The lowest BCUT2D eigenvalue weighted by Gasteiger charge is -2.36. The van der Waals surface area contributed by atoms with Crippen LogP contribution >= 0.6 is 0 Å². The highest BCUT2D eigenvalue weighted by Gasteiger charge is 2.44. The molecule has 1 heterocycles. The first kappa shape index (κ1) is 27.4. The van der Waals surface area contributed by atoms with Gasteiger partial charge in [-0.2, -0.15) is 0 Å². The van der Waals surface area contributed by atoms with Gasteiger partial charge >= 0.3 is 5.97 Å². The number of carbonyl (C=O) groups excluding carboxylic acids is 2. The van der Waals surface area contributed by atoms with Crippen molar-refractivity contribution >= 4 is 17.5 Å². The summed E-state index contributed by atoms with van der Waals surface area (Å²) in [5.41, 5.74) is 5.11. The summed E-state index contributed by atoms with van der Waals surface area (Å²) in [5.74, 6) is 0.110. The number of ketones is 1. The van der Waals surface area contributed by atoms with E-state index >= 15 is 0 Å². The van der Waals surface area contributed by atoms with Crippen molar-refractivity contribution in [1.82, 2.24) is 0 Å². The summed E-state index contributed by atoms with van der Waals surface area (Å²) >= 11 is 0. The SMILES string of the molecule is CCCOC(=O)C1C(C)=NC2=C(C(=O)CC(c3ccc(OC)cc3)C2)C1c1ccc(OCc2ccccc2)cc1. The molecule has 5 rings (SSSR count). The first-order chi connectivity index (χ1) is 19.5. The predicted molar refractivity (Wildman–Crippen MR) is 155 cm³/mol. The number of benzene rings is 3. The van der Waals surface area contributed by atoms with Crippen LogP contribution in [0.15, 0.2) is 95.1 Å². The summed E-state index contributed by atoms with van der Waals surface area (Å²) in [6.07, 6.45) is 1.73. The lowest BCUT2D eigenvalue weighted by Crippen LogP contribution is -2.38. The Bertz CT molecular complexity index is 1410. The Labute approximate surface area is 235 Å². The van der Waals surface area contributed by atoms with Crippen molar-refractivity contribution < 1.29 is 23.8 Å². The van der Waals surface area contributed by atoms with Gasteiger partial charge in [-0.25, -0.2) is 0 Å². The molecule has 3 atom stereocenters. The smallest absolute Gasteiger partial charge is 0.315 e. The van der Waals surface area contributed by atoms with Gasteiger partial charge in [0.05, 0.1) is 13.7 Å². The molecule has 0 saturated heterocycles. The zero-order chi connectivity index (χ0) is 28.1. The largest absolute Gasteiger partial charge is 0.497 e. The monoisotopic (exact) mass is 537 g/mol. The molecule has 0 fully saturated rings. The van der Waals surface area contributed by atoms with Crippen LogP contribution in [0.1, 0.15) is 61.6 Å². The molecular formula is C34H35NO5. The van der Waals surface area contributed by atoms with E-state index in [1.807, 2.05) is 92.7 Å². The molecule has 6 heteroatoms. The number of esters is 1. The average Bonchev–Trinajstić information content (AvgIpc) is 2.99. The van der Waals surface area contributed by atoms with Gasteiger partial charge in [0.25, 0.3) is 0 Å². The molecule has 206 valence electrons. The Morgan fingerprint density at radius 1 is 0.900 bits per heavy atom. The van der Waals surface area contributed by atoms with Crippen molar-refractivity contribution in [3.05, 3.63) is 107 Å². The summed E-state index contributed by atoms with van der Waals surface area (Å²) in [6.45, 7) is 4.63. The van der Waals surface area contributed by atoms with E-state index in [1.54, 1.807) is 7.11 Å². The minimum Gasteiger partial charge on any atom is -0.497 e. The van der Waals surface area contributed by atoms with Gasteiger partial charge in [-0.05, 0) is 66.6 Å². The number of ether oxygens (including phenoxy) is 3. The van der Waals surface area contributed by atoms with E-state index < -0.39 is 11.8 Å². The number of nitrogens with zero attached hydrogens (tertiary/aromatic N) is 1. The van der Waals surface area contributed by atoms with Gasteiger partial charge < -0.3 is 14.2 Å². The van der Waals surface area contributed by atoms with Crippen LogP contribution in [0.5, 0.6) is 11.5 Å². The fraction of sp³-hybridized carbons (Fsp3) is 0.324. The van der Waals surface area contributed by atoms with Crippen molar-refractivity contribution in [3.63, 3.8) is 0 Å². The number of rotatable bonds is 9. The van der Waals surface area contributed by atoms with Crippen LogP contribution in [-0.2, 0) is 20.9 Å². The van der Waals surface area contributed by atoms with E-state index in [0.717, 1.165) is 40.3 Å². The molecule has 0 aromatic heterocycles. The third-order valence-corrected chi connectivity index (χ3v) is 7.67. The Morgan fingerprint density at radius 2 is 1.57 bits per heavy atom. The number of aliphatic imine (C=N–C) groups is 1. The quantitative estimate of drug-likeness (QED) is 0.281. The summed E-state index contributed by atoms with van der Waals surface area (Å²) in [4.78, 5) is 32.0. The van der Waals surface area contributed by atoms with Gasteiger partial charge in [-0.1, -0.05) is 61.5 Å². The summed E-state index contributed by atoms with van der Waals surface area (Å²) in [5, 5.41) is 0. The normalized spacial score (nSPS) is 20.4. The van der Waals surface area contributed by atoms with Crippen molar-refractivity contribution in [2.45, 2.75) is 51.6 Å². The number of hydrogen-bond donors (Lipinski definition) is 0. The fourth-order valence-corrected chi connectivity index (χ4v) is 5.64. The second-order valence-corrected chi connectivity index (χ2v) is 10.4. The molecule has 3 unspecified atom stereocenters. The van der Waals surface area contributed by atoms with Gasteiger partial charge in [0.15, 0.2) is 5.78 Å². The number of methoxy groups -OCH3 is 1. The molecule has 0 N–H and O–H groups in total. The number of Topliss-reactive ketones (excluding diaryl/α,β-unsaturated/α-hetero) is 1. The molecule has 0 bridgehead atoms. The lowest BCUT2D eigenvalue weighted by atomic mass is 9.69. The first-order valence-corrected chi connectivity index (χ1v) is 13.9. The lowest BCUT2D eigenvalue weighted by molar-refractivity contribution is -0.146. The molecule has 6 nitrogen and oxygen atoms in total. The van der Waals surface area contributed by atoms with Crippen molar-refractivity contribution in [1.29, 1.82) is 0 Å². The van der Waals surface area contributed by atoms with Crippen LogP contribution in [0.4, 0.5) is 0 Å². The summed E-state index contributed by atoms with van der Waals surface area (Å²) in [6, 6.07) is 25.6. The Kier molecular flexibility index (Phi) is 8.44. The molecule has 1 aliphatic heterocycles. The average molecular weight is 538 g/mol. The molecule has 0 amide bonds. The van der Waals surface area contributed by atoms with E-state index in [1.165, 1.54) is 0 Å². The summed E-state index contributed by atoms with van der Waals surface area (Å²) in [7, 11) is 1.64. The zero-order valence-corrected chi connectivity index (χ0v) is 23.3. The third-order valence-electron chi connectivity index (χ3n) is 7.67. The van der Waals surface area contributed by atoms with Gasteiger partial charge in [-0.3, -0.25) is 14.6 Å². The van der Waals surface area contributed by atoms with E-state index in [-0.39, 0.29) is 17.7 Å². The maximum atomic E-state index is 13.8. The number of allylic oxidation sites excluding steroid dienone is 2. The molecule has 40 heavy (non-hydrogen) atoms. The first-order valence-electron chi connectivity index (χ1n) is 13.9. The molecular weight excluding hydrogens is 502 g/mol. The van der Waals surface area contributed by atoms with Crippen LogP contribution in [0.3, 0.4) is 0 Å². The molecule has 0 spiro atoms. The van der Waals surface area contributed by atoms with Crippen molar-refractivity contribution in [3.8, 4) is 11.5 Å². The maximum absolute atomic E-state index is 13.8. The highest BCUT2D eigenvalue weighted by atomic mass is 16.5. The van der Waals surface area contributed by atoms with Crippen LogP contribution < -0.4 is 9.47 Å². The number of carbonyl (C=O) groups is 2. The van der Waals surface area contributed by atoms with E-state index in [2.05, 4.69) is 0 Å². The van der Waals surface area contributed by atoms with Crippen LogP contribution in [-0.4, -0.2) is 31.2 Å². The second kappa shape index (κ2) is 12.3. The highest BCUT2D eigenvalue weighted by Crippen LogP contribution is 2.47. The minimum absolute atomic E-state index is 0.0201. The summed E-state index contributed by atoms with van der Waals surface area (Å²) < 4.78 is 16.9. The Balaban J connectivity index is 1.46. The topological polar surface area (TPSA) is 74.2 Å². The number of hydrogen-bond acceptors (Lipinski definition) is 6. The van der Waals surface area contributed by atoms with Gasteiger partial charge in [0.2, 0.25) is 0 Å². The maximum Gasteiger partial charge on any atom is 0.315 e. The molecule has 2 aliphatic rings. The highest BCUT2D eigenvalue weighted by molar-refractivity contribution is 6.09. The molecule has 0 radical (unpaired) electrons. The molecule has 3 aromatic carbocycles.